The molecule has 0 bridgehead atoms. The van der Waals surface area contributed by atoms with E-state index in [0.29, 0.717) is 11.6 Å². The van der Waals surface area contributed by atoms with Gasteiger partial charge in [0, 0.05) is 38.1 Å². The van der Waals surface area contributed by atoms with Gasteiger partial charge in [-0.3, -0.25) is 9.48 Å². The van der Waals surface area contributed by atoms with Gasteiger partial charge in [0.1, 0.15) is 0 Å². The SMILES string of the molecule is Cc1cnc(NCC2[C@H](C)CC(F)(F)CN2C(=O)c2nn(C)c(C)c2-c2ncc(F)cn2)nc1. The number of rotatable bonds is 5. The van der Waals surface area contributed by atoms with E-state index in [1.54, 1.807) is 33.3 Å². The molecular formula is C22H25F3N8O. The first-order valence-corrected chi connectivity index (χ1v) is 10.8. The van der Waals surface area contributed by atoms with Crippen molar-refractivity contribution in [1.29, 1.82) is 0 Å². The standard InChI is InChI=1S/C22H25F3N8O/c1-12-6-28-21(29-7-12)30-10-16-13(2)5-22(24,25)11-33(16)20(34)18-17(14(3)32(4)31-18)19-26-8-15(23)9-27-19/h6-9,13,16H,5,10-11H2,1-4H3,(H,28,29,30)/t13-,16?/m1/s1. The van der Waals surface area contributed by atoms with Gasteiger partial charge < -0.3 is 10.2 Å². The molecule has 0 spiro atoms. The monoisotopic (exact) mass is 474 g/mol. The highest BCUT2D eigenvalue weighted by atomic mass is 19.3. The lowest BCUT2D eigenvalue weighted by Crippen LogP contribution is -2.57. The van der Waals surface area contributed by atoms with E-state index in [0.717, 1.165) is 22.9 Å². The van der Waals surface area contributed by atoms with Crippen molar-refractivity contribution in [2.75, 3.05) is 18.4 Å². The van der Waals surface area contributed by atoms with Crippen LogP contribution in [0.1, 0.15) is 35.1 Å². The Morgan fingerprint density at radius 1 is 1.15 bits per heavy atom. The zero-order valence-electron chi connectivity index (χ0n) is 19.3. The van der Waals surface area contributed by atoms with E-state index in [4.69, 9.17) is 0 Å². The second-order valence-corrected chi connectivity index (χ2v) is 8.66. The lowest BCUT2D eigenvalue weighted by molar-refractivity contribution is -0.0898. The third kappa shape index (κ3) is 4.70. The lowest BCUT2D eigenvalue weighted by Gasteiger charge is -2.43. The maximum absolute atomic E-state index is 14.6. The average molecular weight is 474 g/mol. The molecule has 1 saturated heterocycles. The van der Waals surface area contributed by atoms with Crippen molar-refractivity contribution in [2.24, 2.45) is 13.0 Å². The van der Waals surface area contributed by atoms with Crippen molar-refractivity contribution < 1.29 is 18.0 Å². The molecule has 9 nitrogen and oxygen atoms in total. The summed E-state index contributed by atoms with van der Waals surface area (Å²) in [5, 5.41) is 7.33. The minimum absolute atomic E-state index is 0.0619. The zero-order valence-corrected chi connectivity index (χ0v) is 19.3. The number of anilines is 1. The quantitative estimate of drug-likeness (QED) is 0.607. The second-order valence-electron chi connectivity index (χ2n) is 8.66. The summed E-state index contributed by atoms with van der Waals surface area (Å²) in [6.45, 7) is 4.67. The molecule has 0 aromatic carbocycles. The van der Waals surface area contributed by atoms with Crippen molar-refractivity contribution in [3.05, 3.63) is 47.6 Å². The number of carbonyl (C=O) groups excluding carboxylic acids is 1. The highest BCUT2D eigenvalue weighted by molar-refractivity contribution is 5.99. The van der Waals surface area contributed by atoms with E-state index in [1.165, 1.54) is 4.68 Å². The number of amides is 1. The fourth-order valence-corrected chi connectivity index (χ4v) is 4.16. The summed E-state index contributed by atoms with van der Waals surface area (Å²) in [7, 11) is 1.63. The van der Waals surface area contributed by atoms with Crippen LogP contribution in [0.4, 0.5) is 19.1 Å². The number of piperidine rings is 1. The maximum atomic E-state index is 14.6. The number of hydrogen-bond acceptors (Lipinski definition) is 7. The Morgan fingerprint density at radius 3 is 2.44 bits per heavy atom. The van der Waals surface area contributed by atoms with Crippen molar-refractivity contribution >= 4 is 11.9 Å². The minimum Gasteiger partial charge on any atom is -0.352 e. The van der Waals surface area contributed by atoms with E-state index < -0.39 is 36.2 Å². The van der Waals surface area contributed by atoms with E-state index in [2.05, 4.69) is 30.4 Å². The molecule has 0 saturated carbocycles. The molecule has 34 heavy (non-hydrogen) atoms. The van der Waals surface area contributed by atoms with Gasteiger partial charge in [-0.15, -0.1) is 0 Å². The van der Waals surface area contributed by atoms with E-state index in [9.17, 15) is 18.0 Å². The average Bonchev–Trinajstić information content (AvgIpc) is 3.08. The van der Waals surface area contributed by atoms with Crippen LogP contribution < -0.4 is 5.32 Å². The number of halogens is 3. The summed E-state index contributed by atoms with van der Waals surface area (Å²) in [4.78, 5) is 31.1. The molecule has 0 aliphatic carbocycles. The molecule has 0 radical (unpaired) electrons. The van der Waals surface area contributed by atoms with Crippen molar-refractivity contribution in [2.45, 2.75) is 39.2 Å². The number of hydrogen-bond donors (Lipinski definition) is 1. The fourth-order valence-electron chi connectivity index (χ4n) is 4.16. The third-order valence-corrected chi connectivity index (χ3v) is 5.97. The Hall–Kier alpha value is -3.57. The predicted octanol–water partition coefficient (Wildman–Crippen LogP) is 3.02. The van der Waals surface area contributed by atoms with Crippen LogP contribution in [0.2, 0.25) is 0 Å². The number of carbonyl (C=O) groups is 1. The van der Waals surface area contributed by atoms with E-state index in [-0.39, 0.29) is 30.0 Å². The van der Waals surface area contributed by atoms with Gasteiger partial charge in [0.05, 0.1) is 30.5 Å². The van der Waals surface area contributed by atoms with Crippen molar-refractivity contribution in [3.63, 3.8) is 0 Å². The van der Waals surface area contributed by atoms with Gasteiger partial charge in [-0.1, -0.05) is 6.92 Å². The summed E-state index contributed by atoms with van der Waals surface area (Å²) >= 11 is 0. The lowest BCUT2D eigenvalue weighted by atomic mass is 9.88. The molecular weight excluding hydrogens is 449 g/mol. The fraction of sp³-hybridized carbons (Fsp3) is 0.455. The summed E-state index contributed by atoms with van der Waals surface area (Å²) in [6, 6.07) is -0.568. The smallest absolute Gasteiger partial charge is 0.275 e. The molecule has 1 fully saturated rings. The predicted molar refractivity (Wildman–Crippen MR) is 118 cm³/mol. The Bertz CT molecular complexity index is 1180. The van der Waals surface area contributed by atoms with Gasteiger partial charge in [0.15, 0.2) is 17.3 Å². The molecule has 2 atom stereocenters. The molecule has 1 unspecified atom stereocenters. The van der Waals surface area contributed by atoms with Crippen LogP contribution >= 0.6 is 0 Å². The highest BCUT2D eigenvalue weighted by Gasteiger charge is 2.47. The third-order valence-electron chi connectivity index (χ3n) is 5.97. The second kappa shape index (κ2) is 8.99. The first-order valence-electron chi connectivity index (χ1n) is 10.8. The Kier molecular flexibility index (Phi) is 6.24. The van der Waals surface area contributed by atoms with Gasteiger partial charge >= 0.3 is 0 Å². The zero-order chi connectivity index (χ0) is 24.6. The maximum Gasteiger partial charge on any atom is 0.275 e. The first kappa shape index (κ1) is 23.6. The molecule has 12 heteroatoms. The number of likely N-dealkylation sites (tertiary alicyclic amines) is 1. The van der Waals surface area contributed by atoms with E-state index >= 15 is 0 Å². The number of aromatic nitrogens is 6. The van der Waals surface area contributed by atoms with Crippen LogP contribution in [0.15, 0.2) is 24.8 Å². The van der Waals surface area contributed by atoms with Crippen molar-refractivity contribution in [3.8, 4) is 11.4 Å². The van der Waals surface area contributed by atoms with Gasteiger partial charge in [-0.05, 0) is 25.3 Å². The Balaban J connectivity index is 1.68. The Morgan fingerprint density at radius 2 is 1.79 bits per heavy atom. The normalized spacial score (nSPS) is 19.8. The molecule has 3 aromatic rings. The van der Waals surface area contributed by atoms with Gasteiger partial charge in [-0.25, -0.2) is 33.1 Å². The Labute approximate surface area is 194 Å². The number of nitrogens with one attached hydrogen (secondary N) is 1. The van der Waals surface area contributed by atoms with Crippen LogP contribution in [0, 0.1) is 25.6 Å². The van der Waals surface area contributed by atoms with Gasteiger partial charge in [-0.2, -0.15) is 5.10 Å². The first-order chi connectivity index (χ1) is 16.1. The highest BCUT2D eigenvalue weighted by Crippen LogP contribution is 2.36. The van der Waals surface area contributed by atoms with Crippen LogP contribution in [-0.2, 0) is 7.05 Å². The summed E-state index contributed by atoms with van der Waals surface area (Å²) in [5.41, 5.74) is 1.65. The minimum atomic E-state index is -3.05. The molecule has 3 aromatic heterocycles. The van der Waals surface area contributed by atoms with Crippen LogP contribution in [0.25, 0.3) is 11.4 Å². The molecule has 4 heterocycles. The van der Waals surface area contributed by atoms with Gasteiger partial charge in [0.2, 0.25) is 5.95 Å². The summed E-state index contributed by atoms with van der Waals surface area (Å²) in [5.74, 6) is -4.43. The number of aryl methyl sites for hydroxylation is 2. The van der Waals surface area contributed by atoms with E-state index in [1.807, 2.05) is 6.92 Å². The molecule has 1 aliphatic rings. The van der Waals surface area contributed by atoms with Crippen LogP contribution in [-0.4, -0.2) is 65.6 Å². The summed E-state index contributed by atoms with van der Waals surface area (Å²) in [6.07, 6.45) is 4.89. The molecule has 1 aliphatic heterocycles. The molecule has 1 amide bonds. The topological polar surface area (TPSA) is 102 Å². The number of nitrogens with zero attached hydrogens (tertiary/aromatic N) is 7. The molecule has 4 rings (SSSR count). The van der Waals surface area contributed by atoms with Crippen LogP contribution in [0.5, 0.6) is 0 Å². The van der Waals surface area contributed by atoms with Crippen LogP contribution in [0.3, 0.4) is 0 Å². The molecule has 1 N–H and O–H groups in total. The van der Waals surface area contributed by atoms with Gasteiger partial charge in [0.25, 0.3) is 11.8 Å². The largest absolute Gasteiger partial charge is 0.352 e. The van der Waals surface area contributed by atoms with Crippen molar-refractivity contribution in [1.82, 2.24) is 34.6 Å². The molecule has 180 valence electrons. The number of alkyl halides is 2. The summed E-state index contributed by atoms with van der Waals surface area (Å²) < 4.78 is 44.0.